The molecule has 1 amide bonds. The van der Waals surface area contributed by atoms with Gasteiger partial charge in [0, 0.05) is 71.4 Å². The molecule has 2 aromatic heterocycles. The van der Waals surface area contributed by atoms with E-state index in [4.69, 9.17) is 15.0 Å². The van der Waals surface area contributed by atoms with Crippen LogP contribution >= 0.6 is 0 Å². The number of benzene rings is 1. The number of aryl methyl sites for hydroxylation is 2. The zero-order valence-corrected chi connectivity index (χ0v) is 25.5. The highest BCUT2D eigenvalue weighted by atomic mass is 16.2. The first kappa shape index (κ1) is 28.9. The topological polar surface area (TPSA) is 85.7 Å². The fourth-order valence-corrected chi connectivity index (χ4v) is 6.64. The number of nitrogens with one attached hydrogen (secondary N) is 1. The molecule has 3 fully saturated rings. The molecule has 3 aliphatic rings. The molecule has 0 unspecified atom stereocenters. The van der Waals surface area contributed by atoms with Crippen molar-refractivity contribution in [3.63, 3.8) is 0 Å². The van der Waals surface area contributed by atoms with Gasteiger partial charge in [-0.25, -0.2) is 4.98 Å². The Kier molecular flexibility index (Phi) is 9.19. The Hall–Kier alpha value is -3.24. The number of carbonyl (C=O) groups excluding carboxylic acids is 1. The second kappa shape index (κ2) is 13.4. The summed E-state index contributed by atoms with van der Waals surface area (Å²) in [6.07, 6.45) is 7.46. The molecule has 4 heterocycles. The van der Waals surface area contributed by atoms with Gasteiger partial charge in [0.25, 0.3) is 0 Å². The number of aromatic nitrogens is 4. The second-order valence-electron chi connectivity index (χ2n) is 12.2. The fraction of sp³-hybridized carbons (Fsp3) is 0.625. The molecule has 42 heavy (non-hydrogen) atoms. The van der Waals surface area contributed by atoms with E-state index in [1.807, 2.05) is 6.33 Å². The number of piperazine rings is 2. The molecule has 0 bridgehead atoms. The summed E-state index contributed by atoms with van der Waals surface area (Å²) in [7, 11) is 0. The van der Waals surface area contributed by atoms with E-state index in [1.54, 1.807) is 0 Å². The highest BCUT2D eigenvalue weighted by molar-refractivity contribution is 5.85. The molecule has 0 radical (unpaired) electrons. The third-order valence-corrected chi connectivity index (χ3v) is 9.40. The van der Waals surface area contributed by atoms with Crippen LogP contribution in [0.3, 0.4) is 0 Å². The molecule has 10 nitrogen and oxygen atoms in total. The lowest BCUT2D eigenvalue weighted by Crippen LogP contribution is -2.50. The number of amides is 1. The molecule has 2 aliphatic heterocycles. The molecule has 10 heteroatoms. The van der Waals surface area contributed by atoms with Crippen LogP contribution in [0, 0.1) is 12.8 Å². The van der Waals surface area contributed by atoms with Gasteiger partial charge < -0.3 is 29.5 Å². The molecule has 3 aromatic rings. The van der Waals surface area contributed by atoms with Crippen molar-refractivity contribution in [3.8, 4) is 0 Å². The van der Waals surface area contributed by atoms with Crippen LogP contribution in [0.1, 0.15) is 50.2 Å². The van der Waals surface area contributed by atoms with Crippen LogP contribution < -0.4 is 10.2 Å². The number of carbonyl (C=O) groups is 1. The van der Waals surface area contributed by atoms with E-state index in [-0.39, 0.29) is 5.92 Å². The van der Waals surface area contributed by atoms with Crippen molar-refractivity contribution in [2.45, 2.75) is 59.0 Å². The van der Waals surface area contributed by atoms with Crippen molar-refractivity contribution in [2.75, 3.05) is 75.7 Å². The summed E-state index contributed by atoms with van der Waals surface area (Å²) >= 11 is 0. The number of hydrogen-bond donors (Lipinski definition) is 1. The van der Waals surface area contributed by atoms with E-state index in [9.17, 15) is 4.79 Å². The van der Waals surface area contributed by atoms with Gasteiger partial charge in [0.15, 0.2) is 17.0 Å². The Balaban J connectivity index is 1.17. The van der Waals surface area contributed by atoms with Crippen molar-refractivity contribution in [2.24, 2.45) is 5.92 Å². The van der Waals surface area contributed by atoms with Crippen molar-refractivity contribution < 1.29 is 4.79 Å². The molecule has 1 N–H and O–H groups in total. The zero-order valence-electron chi connectivity index (χ0n) is 25.5. The quantitative estimate of drug-likeness (QED) is 0.394. The summed E-state index contributed by atoms with van der Waals surface area (Å²) in [5.74, 6) is 2.07. The molecule has 1 saturated carbocycles. The van der Waals surface area contributed by atoms with Crippen LogP contribution in [0.25, 0.3) is 11.2 Å². The third kappa shape index (κ3) is 6.70. The Labute approximate surface area is 250 Å². The normalized spacial score (nSPS) is 19.2. The van der Waals surface area contributed by atoms with E-state index in [2.05, 4.69) is 67.6 Å². The zero-order chi connectivity index (χ0) is 28.9. The fourth-order valence-electron chi connectivity index (χ4n) is 6.64. The number of fused-ring (bicyclic) bond motifs is 1. The first-order valence-electron chi connectivity index (χ1n) is 16.1. The van der Waals surface area contributed by atoms with Gasteiger partial charge in [-0.05, 0) is 44.8 Å². The number of imidazole rings is 1. The lowest BCUT2D eigenvalue weighted by atomic mass is 10.1. The van der Waals surface area contributed by atoms with Crippen molar-refractivity contribution >= 4 is 28.8 Å². The number of hydrogen-bond acceptors (Lipinski definition) is 8. The maximum atomic E-state index is 13.1. The summed E-state index contributed by atoms with van der Waals surface area (Å²) in [6.45, 7) is 15.7. The number of anilines is 2. The van der Waals surface area contributed by atoms with Gasteiger partial charge >= 0.3 is 0 Å². The minimum absolute atomic E-state index is 0.228. The smallest absolute Gasteiger partial charge is 0.227 e. The summed E-state index contributed by atoms with van der Waals surface area (Å²) in [5, 5.41) is 3.48. The molecule has 0 atom stereocenters. The average molecular weight is 574 g/mol. The molecule has 226 valence electrons. The Morgan fingerprint density at radius 2 is 1.62 bits per heavy atom. The maximum absolute atomic E-state index is 13.1. The minimum atomic E-state index is 0.228. The molecule has 0 spiro atoms. The Morgan fingerprint density at radius 1 is 0.905 bits per heavy atom. The van der Waals surface area contributed by atoms with Gasteiger partial charge in [0.2, 0.25) is 11.9 Å². The summed E-state index contributed by atoms with van der Waals surface area (Å²) < 4.78 is 2.19. The standard InChI is InChI=1S/C32H47N9O/c1-3-37-15-17-38(18-16-37)13-6-14-41-24-34-28-29(39-19-21-40(22-20-39)31(42)27-7-4-5-8-27)35-32(36-30(28)41)33-23-26-11-9-25(2)10-12-26/h9-12,24,27H,3-8,13-23H2,1-2H3,(H,33,35,36). The van der Waals surface area contributed by atoms with Crippen LogP contribution in [0.2, 0.25) is 0 Å². The molecular formula is C32H47N9O. The molecule has 6 rings (SSSR count). The SMILES string of the molecule is CCN1CCN(CCCn2cnc3c(N4CCN(C(=O)C5CCCC5)CC4)nc(NCc4ccc(C)cc4)nc32)CC1. The second-order valence-corrected chi connectivity index (χ2v) is 12.2. The summed E-state index contributed by atoms with van der Waals surface area (Å²) in [6, 6.07) is 8.56. The number of likely N-dealkylation sites (N-methyl/N-ethyl adjacent to an activating group) is 1. The van der Waals surface area contributed by atoms with Gasteiger partial charge in [-0.1, -0.05) is 49.6 Å². The van der Waals surface area contributed by atoms with Gasteiger partial charge in [0.1, 0.15) is 0 Å². The molecule has 1 aliphatic carbocycles. The predicted molar refractivity (Wildman–Crippen MR) is 168 cm³/mol. The highest BCUT2D eigenvalue weighted by Gasteiger charge is 2.30. The van der Waals surface area contributed by atoms with Gasteiger partial charge in [-0.15, -0.1) is 0 Å². The van der Waals surface area contributed by atoms with Crippen LogP contribution in [0.4, 0.5) is 11.8 Å². The van der Waals surface area contributed by atoms with Crippen LogP contribution in [-0.2, 0) is 17.9 Å². The minimum Gasteiger partial charge on any atom is -0.351 e. The average Bonchev–Trinajstić information content (AvgIpc) is 3.72. The Morgan fingerprint density at radius 3 is 2.33 bits per heavy atom. The van der Waals surface area contributed by atoms with Crippen molar-refractivity contribution in [1.82, 2.24) is 34.2 Å². The van der Waals surface area contributed by atoms with Crippen LogP contribution in [0.5, 0.6) is 0 Å². The lowest BCUT2D eigenvalue weighted by Gasteiger charge is -2.36. The van der Waals surface area contributed by atoms with Crippen molar-refractivity contribution in [3.05, 3.63) is 41.7 Å². The van der Waals surface area contributed by atoms with Crippen LogP contribution in [-0.4, -0.2) is 106 Å². The Bertz CT molecular complexity index is 1320. The third-order valence-electron chi connectivity index (χ3n) is 9.40. The van der Waals surface area contributed by atoms with Gasteiger partial charge in [-0.3, -0.25) is 4.79 Å². The largest absolute Gasteiger partial charge is 0.351 e. The van der Waals surface area contributed by atoms with Crippen molar-refractivity contribution in [1.29, 1.82) is 0 Å². The van der Waals surface area contributed by atoms with E-state index in [0.29, 0.717) is 18.4 Å². The van der Waals surface area contributed by atoms with E-state index in [1.165, 1.54) is 24.0 Å². The van der Waals surface area contributed by atoms with Gasteiger partial charge in [0.05, 0.1) is 6.33 Å². The first-order chi connectivity index (χ1) is 20.6. The lowest BCUT2D eigenvalue weighted by molar-refractivity contribution is -0.135. The van der Waals surface area contributed by atoms with E-state index >= 15 is 0 Å². The summed E-state index contributed by atoms with van der Waals surface area (Å²) in [4.78, 5) is 37.3. The monoisotopic (exact) mass is 573 g/mol. The molecular weight excluding hydrogens is 526 g/mol. The summed E-state index contributed by atoms with van der Waals surface area (Å²) in [5.41, 5.74) is 4.18. The first-order valence-corrected chi connectivity index (χ1v) is 16.1. The predicted octanol–water partition coefficient (Wildman–Crippen LogP) is 3.61. The van der Waals surface area contributed by atoms with Gasteiger partial charge in [-0.2, -0.15) is 9.97 Å². The maximum Gasteiger partial charge on any atom is 0.227 e. The van der Waals surface area contributed by atoms with E-state index in [0.717, 1.165) is 108 Å². The molecule has 1 aromatic carbocycles. The number of rotatable bonds is 10. The number of nitrogens with zero attached hydrogens (tertiary/aromatic N) is 8. The van der Waals surface area contributed by atoms with E-state index < -0.39 is 0 Å². The highest BCUT2D eigenvalue weighted by Crippen LogP contribution is 2.29. The van der Waals surface area contributed by atoms with Crippen LogP contribution in [0.15, 0.2) is 30.6 Å². The molecule has 2 saturated heterocycles.